The number of aliphatic hydroxyl groups is 1. The van der Waals surface area contributed by atoms with Crippen LogP contribution in [0.25, 0.3) is 0 Å². The zero-order valence-electron chi connectivity index (χ0n) is 12.7. The number of hydrogen-bond donors (Lipinski definition) is 1. The minimum absolute atomic E-state index is 0.0212. The minimum Gasteiger partial charge on any atom is -0.396 e. The van der Waals surface area contributed by atoms with Gasteiger partial charge in [-0.25, -0.2) is 0 Å². The maximum Gasteiger partial charge on any atom is 0.0885 e. The monoisotopic (exact) mass is 268 g/mol. The predicted molar refractivity (Wildman–Crippen MR) is 78.6 cm³/mol. The van der Waals surface area contributed by atoms with E-state index in [4.69, 9.17) is 17.3 Å². The van der Waals surface area contributed by atoms with Gasteiger partial charge < -0.3 is 14.6 Å². The highest BCUT2D eigenvalue weighted by molar-refractivity contribution is 6.12. The van der Waals surface area contributed by atoms with E-state index in [1.807, 2.05) is 13.8 Å². The molecule has 19 heavy (non-hydrogen) atoms. The summed E-state index contributed by atoms with van der Waals surface area (Å²) in [6, 6.07) is 0. The Hall–Kier alpha value is -0.0551. The average molecular weight is 268 g/mol. The Morgan fingerprint density at radius 3 is 2.53 bits per heavy atom. The summed E-state index contributed by atoms with van der Waals surface area (Å²) in [5.41, 5.74) is 0. The Balaban J connectivity index is 2.42. The molecule has 0 amide bonds. The first-order valence-electron chi connectivity index (χ1n) is 7.73. The zero-order chi connectivity index (χ0) is 14.3. The largest absolute Gasteiger partial charge is 0.396 e. The van der Waals surface area contributed by atoms with Crippen LogP contribution < -0.4 is 0 Å². The van der Waals surface area contributed by atoms with Gasteiger partial charge in [-0.2, -0.15) is 0 Å². The molecule has 4 heteroatoms. The van der Waals surface area contributed by atoms with E-state index in [0.717, 1.165) is 19.4 Å². The first kappa shape index (κ1) is 17.0. The third kappa shape index (κ3) is 5.45. The molecule has 0 aliphatic heterocycles. The predicted octanol–water partition coefficient (Wildman–Crippen LogP) is 2.71. The molecule has 1 saturated carbocycles. The van der Waals surface area contributed by atoms with E-state index in [9.17, 15) is 5.11 Å². The van der Waals surface area contributed by atoms with Crippen molar-refractivity contribution in [3.63, 3.8) is 0 Å². The van der Waals surface area contributed by atoms with Crippen molar-refractivity contribution >= 4 is 7.85 Å². The van der Waals surface area contributed by atoms with E-state index in [2.05, 4.69) is 6.92 Å². The van der Waals surface area contributed by atoms with Crippen LogP contribution in [0, 0.1) is 5.92 Å². The number of rotatable bonds is 9. The van der Waals surface area contributed by atoms with Gasteiger partial charge in [-0.3, -0.25) is 0 Å². The second-order valence-corrected chi connectivity index (χ2v) is 5.89. The highest BCUT2D eigenvalue weighted by Crippen LogP contribution is 2.38. The summed E-state index contributed by atoms with van der Waals surface area (Å²) in [6.45, 7) is 7.09. The topological polar surface area (TPSA) is 38.7 Å². The van der Waals surface area contributed by atoms with Crippen molar-refractivity contribution in [1.82, 2.24) is 0 Å². The normalized spacial score (nSPS) is 31.2. The van der Waals surface area contributed by atoms with Crippen molar-refractivity contribution in [1.29, 1.82) is 0 Å². The van der Waals surface area contributed by atoms with Gasteiger partial charge >= 0.3 is 0 Å². The highest BCUT2D eigenvalue weighted by atomic mass is 16.5. The van der Waals surface area contributed by atoms with E-state index < -0.39 is 0 Å². The van der Waals surface area contributed by atoms with Gasteiger partial charge in [0.1, 0.15) is 0 Å². The second kappa shape index (κ2) is 8.99. The van der Waals surface area contributed by atoms with Gasteiger partial charge in [-0.05, 0) is 32.5 Å². The van der Waals surface area contributed by atoms with Crippen molar-refractivity contribution in [2.75, 3.05) is 13.2 Å². The third-order valence-electron chi connectivity index (χ3n) is 3.76. The lowest BCUT2D eigenvalue weighted by Crippen LogP contribution is -2.36. The summed E-state index contributed by atoms with van der Waals surface area (Å²) < 4.78 is 11.9. The van der Waals surface area contributed by atoms with Crippen LogP contribution >= 0.6 is 0 Å². The summed E-state index contributed by atoms with van der Waals surface area (Å²) in [5, 5.41) is 9.44. The van der Waals surface area contributed by atoms with Crippen molar-refractivity contribution in [2.24, 2.45) is 5.92 Å². The number of aliphatic hydroxyl groups excluding tert-OH is 1. The molecule has 1 aliphatic carbocycles. The summed E-state index contributed by atoms with van der Waals surface area (Å²) in [6.07, 6.45) is 5.56. The summed E-state index contributed by atoms with van der Waals surface area (Å²) in [5.74, 6) is 0.0881. The lowest BCUT2D eigenvalue weighted by atomic mass is 9.83. The lowest BCUT2D eigenvalue weighted by Gasteiger charge is -2.28. The summed E-state index contributed by atoms with van der Waals surface area (Å²) in [4.78, 5) is 0. The van der Waals surface area contributed by atoms with E-state index in [1.165, 1.54) is 19.3 Å². The average Bonchev–Trinajstić information content (AvgIpc) is 2.65. The van der Waals surface area contributed by atoms with Crippen LogP contribution in [-0.4, -0.2) is 44.5 Å². The van der Waals surface area contributed by atoms with Gasteiger partial charge in [0.15, 0.2) is 0 Å². The van der Waals surface area contributed by atoms with Crippen LogP contribution in [0.3, 0.4) is 0 Å². The van der Waals surface area contributed by atoms with Gasteiger partial charge in [0.05, 0.1) is 26.2 Å². The van der Waals surface area contributed by atoms with E-state index in [0.29, 0.717) is 0 Å². The van der Waals surface area contributed by atoms with Crippen LogP contribution in [0.15, 0.2) is 0 Å². The molecule has 2 radical (unpaired) electrons. The SMILES string of the molecule is [B]C1CC(CO)C(OC(C)C)C1OCCCCCC. The smallest absolute Gasteiger partial charge is 0.0885 e. The molecule has 0 heterocycles. The Morgan fingerprint density at radius 2 is 1.95 bits per heavy atom. The van der Waals surface area contributed by atoms with Crippen LogP contribution in [0.2, 0.25) is 5.82 Å². The Kier molecular flexibility index (Phi) is 8.04. The highest BCUT2D eigenvalue weighted by Gasteiger charge is 2.42. The van der Waals surface area contributed by atoms with E-state index in [1.54, 1.807) is 0 Å². The van der Waals surface area contributed by atoms with Crippen LogP contribution in [0.5, 0.6) is 0 Å². The fourth-order valence-electron chi connectivity index (χ4n) is 2.78. The molecule has 110 valence electrons. The summed E-state index contributed by atoms with van der Waals surface area (Å²) in [7, 11) is 6.14. The quantitative estimate of drug-likeness (QED) is 0.516. The fourth-order valence-corrected chi connectivity index (χ4v) is 2.78. The van der Waals surface area contributed by atoms with Crippen molar-refractivity contribution in [2.45, 2.75) is 77.0 Å². The Labute approximate surface area is 119 Å². The maximum absolute atomic E-state index is 9.44. The van der Waals surface area contributed by atoms with Crippen molar-refractivity contribution in [3.8, 4) is 0 Å². The van der Waals surface area contributed by atoms with Crippen LogP contribution in [-0.2, 0) is 9.47 Å². The molecule has 0 aromatic carbocycles. The molecule has 0 aromatic heterocycles. The third-order valence-corrected chi connectivity index (χ3v) is 3.76. The molecule has 1 fully saturated rings. The van der Waals surface area contributed by atoms with Gasteiger partial charge in [-0.1, -0.05) is 26.2 Å². The lowest BCUT2D eigenvalue weighted by molar-refractivity contribution is -0.0988. The summed E-state index contributed by atoms with van der Waals surface area (Å²) >= 11 is 0. The van der Waals surface area contributed by atoms with Gasteiger partial charge in [0.2, 0.25) is 0 Å². The molecular weight excluding hydrogens is 239 g/mol. The zero-order valence-corrected chi connectivity index (χ0v) is 12.7. The molecule has 4 atom stereocenters. The van der Waals surface area contributed by atoms with Crippen molar-refractivity contribution < 1.29 is 14.6 Å². The van der Waals surface area contributed by atoms with Gasteiger partial charge in [0, 0.05) is 19.1 Å². The molecule has 1 aliphatic rings. The molecule has 1 rings (SSSR count). The molecule has 0 aromatic rings. The number of ether oxygens (including phenoxy) is 2. The van der Waals surface area contributed by atoms with Gasteiger partial charge in [-0.15, -0.1) is 0 Å². The minimum atomic E-state index is -0.0684. The number of hydrogen-bond acceptors (Lipinski definition) is 3. The molecular formula is C15H29BO3. The van der Waals surface area contributed by atoms with Crippen molar-refractivity contribution in [3.05, 3.63) is 0 Å². The molecule has 0 spiro atoms. The van der Waals surface area contributed by atoms with E-state index in [-0.39, 0.29) is 36.7 Å². The fraction of sp³-hybridized carbons (Fsp3) is 1.00. The van der Waals surface area contributed by atoms with Crippen LogP contribution in [0.4, 0.5) is 0 Å². The Bertz CT molecular complexity index is 235. The van der Waals surface area contributed by atoms with Crippen LogP contribution in [0.1, 0.15) is 52.9 Å². The molecule has 1 N–H and O–H groups in total. The second-order valence-electron chi connectivity index (χ2n) is 5.89. The standard InChI is InChI=1S/C15H29BO3/c1-4-5-6-7-8-18-15-13(16)9-12(10-17)14(15)19-11(2)3/h11-15,17H,4-10H2,1-3H3. The molecule has 0 bridgehead atoms. The van der Waals surface area contributed by atoms with Gasteiger partial charge in [0.25, 0.3) is 0 Å². The maximum atomic E-state index is 9.44. The Morgan fingerprint density at radius 1 is 1.21 bits per heavy atom. The molecule has 3 nitrogen and oxygen atoms in total. The first-order valence-corrected chi connectivity index (χ1v) is 7.73. The first-order chi connectivity index (χ1) is 9.10. The van der Waals surface area contributed by atoms with E-state index >= 15 is 0 Å². The molecule has 4 unspecified atom stereocenters. The molecule has 0 saturated heterocycles. The number of unbranched alkanes of at least 4 members (excludes halogenated alkanes) is 3.